The van der Waals surface area contributed by atoms with Crippen LogP contribution in [0.3, 0.4) is 0 Å². The summed E-state index contributed by atoms with van der Waals surface area (Å²) in [6.45, 7) is 16.9. The highest BCUT2D eigenvalue weighted by Crippen LogP contribution is 2.55. The van der Waals surface area contributed by atoms with Gasteiger partial charge in [0.25, 0.3) is 0 Å². The molecule has 0 radical (unpaired) electrons. The van der Waals surface area contributed by atoms with Gasteiger partial charge >= 0.3 is 0 Å². The molecule has 7 rings (SSSR count). The lowest BCUT2D eigenvalue weighted by Gasteiger charge is -2.32. The van der Waals surface area contributed by atoms with Gasteiger partial charge in [-0.15, -0.1) is 0 Å². The van der Waals surface area contributed by atoms with Crippen LogP contribution in [0.25, 0.3) is 50.5 Å². The molecule has 0 saturated heterocycles. The monoisotopic (exact) mass is 578 g/mol. The molecule has 45 heavy (non-hydrogen) atoms. The molecule has 4 aromatic carbocycles. The van der Waals surface area contributed by atoms with Gasteiger partial charge in [0.05, 0.1) is 12.3 Å². The minimum Gasteiger partial charge on any atom is -0.256 e. The van der Waals surface area contributed by atoms with Crippen molar-refractivity contribution in [2.24, 2.45) is 5.92 Å². The second-order valence-electron chi connectivity index (χ2n) is 12.4. The first-order chi connectivity index (χ1) is 21.9. The van der Waals surface area contributed by atoms with Gasteiger partial charge in [-0.3, -0.25) is 4.98 Å². The Morgan fingerprint density at radius 2 is 1.56 bits per heavy atom. The van der Waals surface area contributed by atoms with Crippen molar-refractivity contribution in [3.63, 3.8) is 0 Å². The normalized spacial score (nSPS) is 16.3. The molecule has 1 atom stereocenters. The molecular formula is C43H34N2. The number of hydrogen-bond donors (Lipinski definition) is 0. The number of rotatable bonds is 6. The van der Waals surface area contributed by atoms with Gasteiger partial charge in [-0.1, -0.05) is 148 Å². The Morgan fingerprint density at radius 3 is 2.33 bits per heavy atom. The fourth-order valence-corrected chi connectivity index (χ4v) is 6.93. The maximum atomic E-state index is 7.54. The molecule has 1 aromatic heterocycles. The van der Waals surface area contributed by atoms with E-state index >= 15 is 0 Å². The first kappa shape index (κ1) is 28.3. The van der Waals surface area contributed by atoms with Gasteiger partial charge in [0.2, 0.25) is 0 Å². The Morgan fingerprint density at radius 1 is 0.822 bits per heavy atom. The van der Waals surface area contributed by atoms with Crippen LogP contribution in [0.4, 0.5) is 5.69 Å². The van der Waals surface area contributed by atoms with Gasteiger partial charge in [-0.2, -0.15) is 0 Å². The van der Waals surface area contributed by atoms with Crippen LogP contribution in [0.5, 0.6) is 0 Å². The fourth-order valence-electron chi connectivity index (χ4n) is 6.93. The van der Waals surface area contributed by atoms with E-state index in [-0.39, 0.29) is 5.41 Å². The molecule has 0 N–H and O–H groups in total. The third kappa shape index (κ3) is 5.17. The molecule has 1 unspecified atom stereocenters. The van der Waals surface area contributed by atoms with E-state index in [1.54, 1.807) is 0 Å². The summed E-state index contributed by atoms with van der Waals surface area (Å²) < 4.78 is 0. The van der Waals surface area contributed by atoms with Gasteiger partial charge in [0, 0.05) is 17.3 Å². The van der Waals surface area contributed by atoms with Crippen LogP contribution in [0.2, 0.25) is 0 Å². The molecule has 0 aliphatic heterocycles. The van der Waals surface area contributed by atoms with Crippen LogP contribution in [-0.4, -0.2) is 4.98 Å². The Bertz CT molecular complexity index is 2070. The van der Waals surface area contributed by atoms with Crippen molar-refractivity contribution in [1.82, 2.24) is 4.98 Å². The first-order valence-electron chi connectivity index (χ1n) is 15.4. The van der Waals surface area contributed by atoms with Crippen LogP contribution < -0.4 is 0 Å². The van der Waals surface area contributed by atoms with Gasteiger partial charge < -0.3 is 0 Å². The zero-order valence-corrected chi connectivity index (χ0v) is 25.7. The van der Waals surface area contributed by atoms with E-state index in [0.717, 1.165) is 51.1 Å². The van der Waals surface area contributed by atoms with Crippen molar-refractivity contribution >= 4 is 29.0 Å². The largest absolute Gasteiger partial charge is 0.256 e. The Hall–Kier alpha value is -5.52. The van der Waals surface area contributed by atoms with Gasteiger partial charge in [0.1, 0.15) is 0 Å². The SMILES string of the molecule is [C-]#[N+]c1ccc2c(c1)C(C)(C)C1CC(C(=C)c3ccccc3-c3cc(-c4ccccc4)ncc3/C=C\c3ccccc3)=CC=C21. The molecule has 1 heterocycles. The molecule has 0 spiro atoms. The van der Waals surface area contributed by atoms with Crippen molar-refractivity contribution in [1.29, 1.82) is 0 Å². The van der Waals surface area contributed by atoms with E-state index < -0.39 is 0 Å². The highest BCUT2D eigenvalue weighted by atomic mass is 14.7. The molecule has 0 amide bonds. The van der Waals surface area contributed by atoms with E-state index in [2.05, 4.69) is 134 Å². The second-order valence-corrected chi connectivity index (χ2v) is 12.4. The number of pyridine rings is 1. The van der Waals surface area contributed by atoms with E-state index in [1.165, 1.54) is 22.3 Å². The maximum absolute atomic E-state index is 7.54. The van der Waals surface area contributed by atoms with Crippen molar-refractivity contribution in [2.75, 3.05) is 0 Å². The lowest BCUT2D eigenvalue weighted by atomic mass is 9.71. The quantitative estimate of drug-likeness (QED) is 0.183. The molecule has 0 saturated carbocycles. The predicted octanol–water partition coefficient (Wildman–Crippen LogP) is 11.5. The summed E-state index contributed by atoms with van der Waals surface area (Å²) in [4.78, 5) is 8.59. The van der Waals surface area contributed by atoms with E-state index in [4.69, 9.17) is 18.1 Å². The van der Waals surface area contributed by atoms with Crippen LogP contribution >= 0.6 is 0 Å². The number of aromatic nitrogens is 1. The molecule has 5 aromatic rings. The summed E-state index contributed by atoms with van der Waals surface area (Å²) in [6.07, 6.45) is 11.8. The summed E-state index contributed by atoms with van der Waals surface area (Å²) >= 11 is 0. The summed E-state index contributed by atoms with van der Waals surface area (Å²) in [6, 6.07) is 37.7. The van der Waals surface area contributed by atoms with Gasteiger partial charge in [-0.05, 0) is 73.9 Å². The first-order valence-corrected chi connectivity index (χ1v) is 15.4. The zero-order chi connectivity index (χ0) is 31.0. The van der Waals surface area contributed by atoms with Crippen LogP contribution in [-0.2, 0) is 5.41 Å². The summed E-state index contributed by atoms with van der Waals surface area (Å²) in [5.74, 6) is 0.326. The van der Waals surface area contributed by atoms with E-state index in [1.807, 2.05) is 24.4 Å². The third-order valence-corrected chi connectivity index (χ3v) is 9.46. The second kappa shape index (κ2) is 11.5. The van der Waals surface area contributed by atoms with Gasteiger partial charge in [-0.25, -0.2) is 4.85 Å². The van der Waals surface area contributed by atoms with Crippen molar-refractivity contribution in [3.05, 3.63) is 179 Å². The molecular weight excluding hydrogens is 544 g/mol. The summed E-state index contributed by atoms with van der Waals surface area (Å²) in [5, 5.41) is 0. The van der Waals surface area contributed by atoms with Gasteiger partial charge in [0.15, 0.2) is 5.69 Å². The molecule has 2 nitrogen and oxygen atoms in total. The fraction of sp³-hybridized carbons (Fsp3) is 0.116. The summed E-state index contributed by atoms with van der Waals surface area (Å²) in [5.41, 5.74) is 14.5. The highest BCUT2D eigenvalue weighted by Gasteiger charge is 2.44. The number of fused-ring (bicyclic) bond motifs is 3. The predicted molar refractivity (Wildman–Crippen MR) is 189 cm³/mol. The molecule has 0 bridgehead atoms. The Labute approximate surface area is 266 Å². The summed E-state index contributed by atoms with van der Waals surface area (Å²) in [7, 11) is 0. The molecule has 216 valence electrons. The maximum Gasteiger partial charge on any atom is 0.187 e. The molecule has 0 fully saturated rings. The number of benzene rings is 4. The average molecular weight is 579 g/mol. The topological polar surface area (TPSA) is 17.2 Å². The lowest BCUT2D eigenvalue weighted by Crippen LogP contribution is -2.25. The van der Waals surface area contributed by atoms with Crippen LogP contribution in [0, 0.1) is 12.5 Å². The Balaban J connectivity index is 1.30. The number of nitrogens with zero attached hydrogens (tertiary/aromatic N) is 2. The van der Waals surface area contributed by atoms with Crippen molar-refractivity contribution < 1.29 is 0 Å². The number of hydrogen-bond acceptors (Lipinski definition) is 1. The molecule has 2 aliphatic rings. The smallest absolute Gasteiger partial charge is 0.187 e. The highest BCUT2D eigenvalue weighted by molar-refractivity contribution is 5.93. The zero-order valence-electron chi connectivity index (χ0n) is 25.7. The third-order valence-electron chi connectivity index (χ3n) is 9.46. The Kier molecular flexibility index (Phi) is 7.24. The molecule has 2 heteroatoms. The minimum atomic E-state index is -0.0771. The van der Waals surface area contributed by atoms with E-state index in [9.17, 15) is 0 Å². The van der Waals surface area contributed by atoms with Crippen molar-refractivity contribution in [2.45, 2.75) is 25.7 Å². The standard InChI is InChI=1S/C43H34N2/c1-29(32-21-23-37-38-24-22-34(44-4)26-41(38)43(2,3)40(37)25-32)35-17-11-12-18-36(35)39-27-42(31-15-9-6-10-16-31)45-28-33(39)20-19-30-13-7-5-8-14-30/h5-24,26-28,40H,1,25H2,2-3H3/b20-19-. The number of allylic oxidation sites excluding steroid dienone is 5. The van der Waals surface area contributed by atoms with E-state index in [0.29, 0.717) is 11.6 Å². The van der Waals surface area contributed by atoms with Crippen LogP contribution in [0.1, 0.15) is 48.1 Å². The molecule has 2 aliphatic carbocycles. The minimum absolute atomic E-state index is 0.0771. The van der Waals surface area contributed by atoms with Crippen molar-refractivity contribution in [3.8, 4) is 22.4 Å². The van der Waals surface area contributed by atoms with Crippen LogP contribution in [0.15, 0.2) is 140 Å². The lowest BCUT2D eigenvalue weighted by molar-refractivity contribution is 0.411. The average Bonchev–Trinajstić information content (AvgIpc) is 3.32.